The Kier molecular flexibility index (Phi) is 5.35. The van der Waals surface area contributed by atoms with Crippen molar-refractivity contribution in [3.8, 4) is 0 Å². The Hall–Kier alpha value is -2.69. The number of pyridine rings is 1. The summed E-state index contributed by atoms with van der Waals surface area (Å²) < 4.78 is 0. The van der Waals surface area contributed by atoms with Crippen molar-refractivity contribution in [3.63, 3.8) is 0 Å². The summed E-state index contributed by atoms with van der Waals surface area (Å²) in [6.07, 6.45) is 4.58. The van der Waals surface area contributed by atoms with Gasteiger partial charge in [-0.25, -0.2) is 0 Å². The third-order valence-corrected chi connectivity index (χ3v) is 4.99. The molecule has 0 aliphatic carbocycles. The van der Waals surface area contributed by atoms with Gasteiger partial charge < -0.3 is 9.80 Å². The van der Waals surface area contributed by atoms with Gasteiger partial charge in [0.15, 0.2) is 0 Å². The normalized spacial score (nSPS) is 16.8. The number of aryl methyl sites for hydroxylation is 2. The molecule has 1 atom stereocenters. The zero-order valence-electron chi connectivity index (χ0n) is 15.6. The highest BCUT2D eigenvalue weighted by molar-refractivity contribution is 6.00. The summed E-state index contributed by atoms with van der Waals surface area (Å²) in [4.78, 5) is 32.8. The molecule has 1 fully saturated rings. The maximum absolute atomic E-state index is 12.8. The Morgan fingerprint density at radius 3 is 2.69 bits per heavy atom. The lowest BCUT2D eigenvalue weighted by Crippen LogP contribution is -2.36. The average molecular weight is 351 g/mol. The van der Waals surface area contributed by atoms with E-state index >= 15 is 0 Å². The summed E-state index contributed by atoms with van der Waals surface area (Å²) in [7, 11) is 1.81. The third kappa shape index (κ3) is 3.93. The number of benzene rings is 1. The molecule has 2 heterocycles. The van der Waals surface area contributed by atoms with Crippen LogP contribution in [0.5, 0.6) is 0 Å². The van der Waals surface area contributed by atoms with Crippen molar-refractivity contribution in [1.82, 2.24) is 9.88 Å². The predicted octanol–water partition coefficient (Wildman–Crippen LogP) is 2.75. The molecule has 0 bridgehead atoms. The van der Waals surface area contributed by atoms with E-state index in [1.54, 1.807) is 22.2 Å². The molecule has 1 aliphatic rings. The Labute approximate surface area is 154 Å². The summed E-state index contributed by atoms with van der Waals surface area (Å²) in [5.74, 6) is -0.204. The first kappa shape index (κ1) is 18.1. The molecule has 1 saturated heterocycles. The van der Waals surface area contributed by atoms with E-state index in [-0.39, 0.29) is 24.2 Å². The van der Waals surface area contributed by atoms with Crippen LogP contribution in [0.15, 0.2) is 42.7 Å². The van der Waals surface area contributed by atoms with Crippen LogP contribution in [0.4, 0.5) is 5.69 Å². The molecule has 5 nitrogen and oxygen atoms in total. The highest BCUT2D eigenvalue weighted by Gasteiger charge is 2.36. The molecule has 1 aromatic heterocycles. The smallest absolute Gasteiger partial charge is 0.227 e. The van der Waals surface area contributed by atoms with Gasteiger partial charge in [0.1, 0.15) is 0 Å². The minimum absolute atomic E-state index is 0.0274. The average Bonchev–Trinajstić information content (AvgIpc) is 3.03. The van der Waals surface area contributed by atoms with Crippen LogP contribution in [-0.2, 0) is 16.0 Å². The molecule has 1 unspecified atom stereocenters. The van der Waals surface area contributed by atoms with Gasteiger partial charge in [0.05, 0.1) is 5.92 Å². The fraction of sp³-hybridized carbons (Fsp3) is 0.381. The number of amides is 2. The summed E-state index contributed by atoms with van der Waals surface area (Å²) in [6.45, 7) is 5.11. The lowest BCUT2D eigenvalue weighted by molar-refractivity contribution is -0.134. The minimum atomic E-state index is -0.273. The quantitative estimate of drug-likeness (QED) is 0.832. The van der Waals surface area contributed by atoms with E-state index in [0.29, 0.717) is 13.1 Å². The van der Waals surface area contributed by atoms with Crippen LogP contribution in [0.1, 0.15) is 23.1 Å². The number of nitrogens with zero attached hydrogens (tertiary/aromatic N) is 3. The number of aromatic nitrogens is 1. The van der Waals surface area contributed by atoms with Crippen LogP contribution in [0.2, 0.25) is 0 Å². The van der Waals surface area contributed by atoms with Crippen LogP contribution >= 0.6 is 0 Å². The van der Waals surface area contributed by atoms with Gasteiger partial charge in [-0.1, -0.05) is 12.1 Å². The van der Waals surface area contributed by atoms with Gasteiger partial charge in [-0.15, -0.1) is 0 Å². The number of likely N-dealkylation sites (N-methyl/N-ethyl adjacent to an activating group) is 1. The van der Waals surface area contributed by atoms with Crippen molar-refractivity contribution < 1.29 is 9.59 Å². The summed E-state index contributed by atoms with van der Waals surface area (Å²) >= 11 is 0. The van der Waals surface area contributed by atoms with Gasteiger partial charge >= 0.3 is 0 Å². The SMILES string of the molecule is Cc1ccc(C)c(N2CC(C(=O)N(C)CCc3ccncc3)CC2=O)c1. The molecule has 0 radical (unpaired) electrons. The summed E-state index contributed by atoms with van der Waals surface area (Å²) in [6, 6.07) is 10.00. The number of rotatable bonds is 5. The fourth-order valence-electron chi connectivity index (χ4n) is 3.38. The Morgan fingerprint density at radius 2 is 1.96 bits per heavy atom. The third-order valence-electron chi connectivity index (χ3n) is 4.99. The molecule has 3 rings (SSSR count). The number of carbonyl (C=O) groups excluding carboxylic acids is 2. The van der Waals surface area contributed by atoms with Crippen LogP contribution in [0, 0.1) is 19.8 Å². The first-order chi connectivity index (χ1) is 12.5. The second kappa shape index (κ2) is 7.68. The molecule has 2 aromatic rings. The summed E-state index contributed by atoms with van der Waals surface area (Å²) in [5.41, 5.74) is 4.25. The molecular weight excluding hydrogens is 326 g/mol. The Bertz CT molecular complexity index is 804. The van der Waals surface area contributed by atoms with E-state index in [1.165, 1.54) is 0 Å². The maximum Gasteiger partial charge on any atom is 0.227 e. The number of carbonyl (C=O) groups is 2. The van der Waals surface area contributed by atoms with E-state index < -0.39 is 0 Å². The van der Waals surface area contributed by atoms with Crippen LogP contribution in [-0.4, -0.2) is 41.8 Å². The molecular formula is C21H25N3O2. The highest BCUT2D eigenvalue weighted by Crippen LogP contribution is 2.29. The predicted molar refractivity (Wildman–Crippen MR) is 102 cm³/mol. The first-order valence-electron chi connectivity index (χ1n) is 8.97. The molecule has 5 heteroatoms. The van der Waals surface area contributed by atoms with Gasteiger partial charge in [0, 0.05) is 44.6 Å². The number of anilines is 1. The largest absolute Gasteiger partial charge is 0.345 e. The zero-order valence-corrected chi connectivity index (χ0v) is 15.6. The van der Waals surface area contributed by atoms with E-state index in [9.17, 15) is 9.59 Å². The standard InChI is InChI=1S/C21H25N3O2/c1-15-4-5-16(2)19(12-15)24-14-18(13-20(24)25)21(26)23(3)11-8-17-6-9-22-10-7-17/h4-7,9-10,12,18H,8,11,13-14H2,1-3H3. The Morgan fingerprint density at radius 1 is 1.23 bits per heavy atom. The zero-order chi connectivity index (χ0) is 18.7. The van der Waals surface area contributed by atoms with Crippen LogP contribution in [0.3, 0.4) is 0 Å². The Balaban J connectivity index is 1.64. The van der Waals surface area contributed by atoms with Gasteiger partial charge in [0.25, 0.3) is 0 Å². The molecule has 1 aliphatic heterocycles. The number of hydrogen-bond donors (Lipinski definition) is 0. The maximum atomic E-state index is 12.8. The van der Waals surface area contributed by atoms with Crippen molar-refractivity contribution in [2.24, 2.45) is 5.92 Å². The van der Waals surface area contributed by atoms with E-state index in [2.05, 4.69) is 4.98 Å². The second-order valence-electron chi connectivity index (χ2n) is 7.06. The topological polar surface area (TPSA) is 53.5 Å². The van der Waals surface area contributed by atoms with Crippen molar-refractivity contribution >= 4 is 17.5 Å². The summed E-state index contributed by atoms with van der Waals surface area (Å²) in [5, 5.41) is 0. The van der Waals surface area contributed by atoms with Gasteiger partial charge in [-0.05, 0) is 55.2 Å². The monoisotopic (exact) mass is 351 g/mol. The second-order valence-corrected chi connectivity index (χ2v) is 7.06. The van der Waals surface area contributed by atoms with Crippen LogP contribution < -0.4 is 4.90 Å². The molecule has 136 valence electrons. The van der Waals surface area contributed by atoms with E-state index in [4.69, 9.17) is 0 Å². The molecule has 26 heavy (non-hydrogen) atoms. The molecule has 0 spiro atoms. The molecule has 0 saturated carbocycles. The highest BCUT2D eigenvalue weighted by atomic mass is 16.2. The van der Waals surface area contributed by atoms with E-state index in [0.717, 1.165) is 28.8 Å². The fourth-order valence-corrected chi connectivity index (χ4v) is 3.38. The van der Waals surface area contributed by atoms with Gasteiger partial charge in [-0.3, -0.25) is 14.6 Å². The minimum Gasteiger partial charge on any atom is -0.345 e. The van der Waals surface area contributed by atoms with Crippen molar-refractivity contribution in [3.05, 3.63) is 59.4 Å². The lowest BCUT2D eigenvalue weighted by Gasteiger charge is -2.22. The van der Waals surface area contributed by atoms with Crippen molar-refractivity contribution in [2.75, 3.05) is 25.0 Å². The van der Waals surface area contributed by atoms with E-state index in [1.807, 2.05) is 51.2 Å². The van der Waals surface area contributed by atoms with Crippen molar-refractivity contribution in [1.29, 1.82) is 0 Å². The van der Waals surface area contributed by atoms with Crippen LogP contribution in [0.25, 0.3) is 0 Å². The van der Waals surface area contributed by atoms with Crippen molar-refractivity contribution in [2.45, 2.75) is 26.7 Å². The molecule has 1 aromatic carbocycles. The number of hydrogen-bond acceptors (Lipinski definition) is 3. The first-order valence-corrected chi connectivity index (χ1v) is 8.97. The lowest BCUT2D eigenvalue weighted by atomic mass is 10.1. The molecule has 0 N–H and O–H groups in total. The molecule has 2 amide bonds. The van der Waals surface area contributed by atoms with Gasteiger partial charge in [0.2, 0.25) is 11.8 Å². The van der Waals surface area contributed by atoms with Gasteiger partial charge in [-0.2, -0.15) is 0 Å².